The molecule has 0 spiro atoms. The third-order valence-electron chi connectivity index (χ3n) is 8.82. The van der Waals surface area contributed by atoms with Crippen molar-refractivity contribution in [2.75, 3.05) is 0 Å². The van der Waals surface area contributed by atoms with Crippen molar-refractivity contribution < 1.29 is 52.0 Å². The van der Waals surface area contributed by atoms with Gasteiger partial charge >= 0.3 is 29.8 Å². The summed E-state index contributed by atoms with van der Waals surface area (Å²) >= 11 is 0. The van der Waals surface area contributed by atoms with Crippen LogP contribution in [0.25, 0.3) is 11.1 Å². The van der Waals surface area contributed by atoms with Crippen LogP contribution >= 0.6 is 0 Å². The zero-order valence-corrected chi connectivity index (χ0v) is 28.9. The first-order chi connectivity index (χ1) is 25.0. The summed E-state index contributed by atoms with van der Waals surface area (Å²) in [6.07, 6.45) is 8.74. The molecule has 0 aromatic heterocycles. The molecule has 2 saturated carbocycles. The normalized spacial score (nSPS) is 14.8. The first-order valence-corrected chi connectivity index (χ1v) is 17.4. The van der Waals surface area contributed by atoms with Crippen molar-refractivity contribution in [3.05, 3.63) is 102 Å². The second-order valence-corrected chi connectivity index (χ2v) is 12.9. The Morgan fingerprint density at radius 3 is 1.48 bits per heavy atom. The summed E-state index contributed by atoms with van der Waals surface area (Å²) in [6.45, 7) is 7.29. The smallest absolute Gasteiger partial charge is 0.343 e. The van der Waals surface area contributed by atoms with Gasteiger partial charge in [-0.3, -0.25) is 9.59 Å². The lowest BCUT2D eigenvalue weighted by Crippen LogP contribution is -2.22. The lowest BCUT2D eigenvalue weighted by molar-refractivity contribution is -0.151. The molecule has 0 aliphatic heterocycles. The van der Waals surface area contributed by atoms with Gasteiger partial charge in [0.15, 0.2) is 0 Å². The van der Waals surface area contributed by atoms with Crippen molar-refractivity contribution >= 4 is 29.8 Å². The maximum absolute atomic E-state index is 15.1. The fraction of sp³-hybridized carbons (Fsp3) is 0.341. The van der Waals surface area contributed by atoms with Crippen LogP contribution in [0.1, 0.15) is 87.4 Å². The van der Waals surface area contributed by atoms with Crippen LogP contribution in [0.15, 0.2) is 91.0 Å². The SMILES string of the molecule is C=C(CC(=O)OC1CCCCC1)C(=O)Oc1ccc(C(=O)Oc2ccc(-c3ccc(OC(=O)C(=C)CC(=O)OC4CCCCC4)cc3)c(F)c2)cc1. The highest BCUT2D eigenvalue weighted by Gasteiger charge is 2.23. The van der Waals surface area contributed by atoms with Gasteiger partial charge in [-0.2, -0.15) is 0 Å². The number of halogens is 1. The molecule has 0 heterocycles. The molecule has 3 aromatic carbocycles. The second kappa shape index (κ2) is 18.1. The third-order valence-corrected chi connectivity index (χ3v) is 8.82. The quantitative estimate of drug-likeness (QED) is 0.0971. The molecule has 0 saturated heterocycles. The monoisotopic (exact) mass is 712 g/mol. The Balaban J connectivity index is 1.08. The number of ether oxygens (including phenoxy) is 5. The highest BCUT2D eigenvalue weighted by atomic mass is 19.1. The maximum atomic E-state index is 15.1. The Bertz CT molecular complexity index is 1800. The number of benzene rings is 3. The average molecular weight is 713 g/mol. The zero-order chi connectivity index (χ0) is 37.0. The van der Waals surface area contributed by atoms with Crippen LogP contribution in [0.5, 0.6) is 17.2 Å². The molecule has 10 nitrogen and oxygen atoms in total. The van der Waals surface area contributed by atoms with Crippen LogP contribution in [0.2, 0.25) is 0 Å². The van der Waals surface area contributed by atoms with Gasteiger partial charge in [-0.25, -0.2) is 18.8 Å². The van der Waals surface area contributed by atoms with Crippen molar-refractivity contribution in [2.45, 2.75) is 89.3 Å². The molecule has 11 heteroatoms. The fourth-order valence-corrected chi connectivity index (χ4v) is 5.99. The van der Waals surface area contributed by atoms with Crippen molar-refractivity contribution in [3.8, 4) is 28.4 Å². The minimum Gasteiger partial charge on any atom is -0.462 e. The van der Waals surface area contributed by atoms with Gasteiger partial charge in [0, 0.05) is 22.8 Å². The molecule has 0 atom stereocenters. The number of rotatable bonds is 13. The fourth-order valence-electron chi connectivity index (χ4n) is 5.99. The van der Waals surface area contributed by atoms with Crippen molar-refractivity contribution in [2.24, 2.45) is 0 Å². The van der Waals surface area contributed by atoms with Crippen LogP contribution in [0, 0.1) is 5.82 Å². The van der Waals surface area contributed by atoms with E-state index in [0.29, 0.717) is 5.56 Å². The van der Waals surface area contributed by atoms with Crippen LogP contribution in [0.4, 0.5) is 4.39 Å². The van der Waals surface area contributed by atoms with Crippen LogP contribution in [-0.4, -0.2) is 42.1 Å². The van der Waals surface area contributed by atoms with E-state index in [4.69, 9.17) is 23.7 Å². The lowest BCUT2D eigenvalue weighted by atomic mass is 9.98. The molecule has 2 aliphatic rings. The highest BCUT2D eigenvalue weighted by Crippen LogP contribution is 2.29. The second-order valence-electron chi connectivity index (χ2n) is 12.9. The average Bonchev–Trinajstić information content (AvgIpc) is 3.13. The van der Waals surface area contributed by atoms with Crippen LogP contribution < -0.4 is 14.2 Å². The summed E-state index contributed by atoms with van der Waals surface area (Å²) in [5.74, 6) is -3.77. The molecular weight excluding hydrogens is 671 g/mol. The van der Waals surface area contributed by atoms with Gasteiger partial charge in [0.2, 0.25) is 0 Å². The van der Waals surface area contributed by atoms with Gasteiger partial charge < -0.3 is 23.7 Å². The number of hydrogen-bond acceptors (Lipinski definition) is 10. The van der Waals surface area contributed by atoms with Gasteiger partial charge in [-0.15, -0.1) is 0 Å². The van der Waals surface area contributed by atoms with Gasteiger partial charge in [0.1, 0.15) is 35.3 Å². The first kappa shape index (κ1) is 37.7. The summed E-state index contributed by atoms with van der Waals surface area (Å²) in [5.41, 5.74) is 0.710. The first-order valence-electron chi connectivity index (χ1n) is 17.4. The molecule has 2 aliphatic carbocycles. The molecule has 272 valence electrons. The Kier molecular flexibility index (Phi) is 13.1. The minimum atomic E-state index is -0.795. The predicted molar refractivity (Wildman–Crippen MR) is 188 cm³/mol. The molecule has 0 bridgehead atoms. The van der Waals surface area contributed by atoms with E-state index < -0.39 is 35.7 Å². The highest BCUT2D eigenvalue weighted by molar-refractivity contribution is 5.95. The van der Waals surface area contributed by atoms with Gasteiger partial charge in [0.05, 0.1) is 18.4 Å². The number of hydrogen-bond donors (Lipinski definition) is 0. The van der Waals surface area contributed by atoms with E-state index in [9.17, 15) is 24.0 Å². The summed E-state index contributed by atoms with van der Waals surface area (Å²) < 4.78 is 41.9. The molecule has 52 heavy (non-hydrogen) atoms. The molecule has 0 unspecified atom stereocenters. The Morgan fingerprint density at radius 2 is 1.02 bits per heavy atom. The van der Waals surface area contributed by atoms with Gasteiger partial charge in [-0.05, 0) is 105 Å². The predicted octanol–water partition coefficient (Wildman–Crippen LogP) is 8.17. The third kappa shape index (κ3) is 11.0. The largest absolute Gasteiger partial charge is 0.462 e. The zero-order valence-electron chi connectivity index (χ0n) is 28.9. The van der Waals surface area contributed by atoms with Crippen LogP contribution in [0.3, 0.4) is 0 Å². The van der Waals surface area contributed by atoms with Crippen molar-refractivity contribution in [1.29, 1.82) is 0 Å². The standard InChI is InChI=1S/C41H41FO10/c1-26(23-37(43)48-30-9-5-3-6-10-30)39(45)50-32-17-13-28(14-18-32)35-22-21-34(25-36(35)42)52-41(47)29-15-19-33(20-16-29)51-40(46)27(2)24-38(44)49-31-11-7-4-8-12-31/h13-22,25,30-31H,1-12,23-24H2. The Hall–Kier alpha value is -5.58. The summed E-state index contributed by atoms with van der Waals surface area (Å²) in [6, 6.07) is 15.5. The summed E-state index contributed by atoms with van der Waals surface area (Å²) in [7, 11) is 0. The molecule has 3 aromatic rings. The summed E-state index contributed by atoms with van der Waals surface area (Å²) in [4.78, 5) is 62.1. The Labute approximate surface area is 301 Å². The molecule has 5 rings (SSSR count). The van der Waals surface area contributed by atoms with E-state index in [2.05, 4.69) is 13.2 Å². The van der Waals surface area contributed by atoms with Gasteiger partial charge in [-0.1, -0.05) is 38.1 Å². The lowest BCUT2D eigenvalue weighted by Gasteiger charge is -2.21. The number of carbonyl (C=O) groups excluding carboxylic acids is 5. The summed E-state index contributed by atoms with van der Waals surface area (Å²) in [5, 5.41) is 0. The topological polar surface area (TPSA) is 132 Å². The van der Waals surface area contributed by atoms with E-state index in [0.717, 1.165) is 70.3 Å². The number of carbonyl (C=O) groups is 5. The maximum Gasteiger partial charge on any atom is 0.343 e. The van der Waals surface area contributed by atoms with E-state index in [1.165, 1.54) is 48.5 Å². The van der Waals surface area contributed by atoms with Crippen LogP contribution in [-0.2, 0) is 28.7 Å². The molecule has 0 radical (unpaired) electrons. The van der Waals surface area contributed by atoms with E-state index in [-0.39, 0.29) is 64.6 Å². The van der Waals surface area contributed by atoms with Crippen molar-refractivity contribution in [3.63, 3.8) is 0 Å². The van der Waals surface area contributed by atoms with Crippen molar-refractivity contribution in [1.82, 2.24) is 0 Å². The van der Waals surface area contributed by atoms with E-state index in [1.807, 2.05) is 0 Å². The molecule has 2 fully saturated rings. The molecule has 0 N–H and O–H groups in total. The Morgan fingerprint density at radius 1 is 0.577 bits per heavy atom. The molecular formula is C41H41FO10. The minimum absolute atomic E-state index is 0.0354. The molecule has 0 amide bonds. The van der Waals surface area contributed by atoms with E-state index in [1.54, 1.807) is 12.1 Å². The van der Waals surface area contributed by atoms with E-state index >= 15 is 4.39 Å². The number of esters is 5. The van der Waals surface area contributed by atoms with Gasteiger partial charge in [0.25, 0.3) is 0 Å².